The van der Waals surface area contributed by atoms with Crippen LogP contribution in [0.3, 0.4) is 0 Å². The monoisotopic (exact) mass is 269 g/mol. The maximum absolute atomic E-state index is 5.99. The van der Waals surface area contributed by atoms with Gasteiger partial charge >= 0.3 is 0 Å². The van der Waals surface area contributed by atoms with E-state index in [-0.39, 0.29) is 6.10 Å². The number of nitrogens with zero attached hydrogens (tertiary/aromatic N) is 2. The van der Waals surface area contributed by atoms with Gasteiger partial charge in [-0.3, -0.25) is 4.68 Å². The zero-order valence-corrected chi connectivity index (χ0v) is 11.5. The Morgan fingerprint density at radius 2 is 2.15 bits per heavy atom. The lowest BCUT2D eigenvalue weighted by molar-refractivity contribution is 0.201. The fourth-order valence-corrected chi connectivity index (χ4v) is 2.76. The molecule has 1 aliphatic carbocycles. The number of aromatic nitrogens is 2. The molecule has 1 aromatic heterocycles. The van der Waals surface area contributed by atoms with Gasteiger partial charge in [-0.25, -0.2) is 0 Å². The van der Waals surface area contributed by atoms with Crippen LogP contribution in [0.25, 0.3) is 0 Å². The molecule has 1 unspecified atom stereocenters. The SMILES string of the molecule is c1ccc2c(c1)CC(Cn1nccc1CNC1CC1)O2. The van der Waals surface area contributed by atoms with Crippen LogP contribution in [-0.4, -0.2) is 21.9 Å². The fraction of sp³-hybridized carbons (Fsp3) is 0.438. The number of hydrogen-bond donors (Lipinski definition) is 1. The summed E-state index contributed by atoms with van der Waals surface area (Å²) in [7, 11) is 0. The van der Waals surface area contributed by atoms with Crippen LogP contribution in [0.15, 0.2) is 36.5 Å². The van der Waals surface area contributed by atoms with E-state index in [0.717, 1.165) is 31.3 Å². The molecule has 0 saturated heterocycles. The molecule has 104 valence electrons. The topological polar surface area (TPSA) is 39.1 Å². The number of rotatable bonds is 5. The molecule has 1 saturated carbocycles. The summed E-state index contributed by atoms with van der Waals surface area (Å²) in [4.78, 5) is 0. The first-order chi connectivity index (χ1) is 9.88. The summed E-state index contributed by atoms with van der Waals surface area (Å²) in [5.74, 6) is 1.03. The van der Waals surface area contributed by atoms with Crippen LogP contribution < -0.4 is 10.1 Å². The minimum absolute atomic E-state index is 0.201. The third-order valence-electron chi connectivity index (χ3n) is 4.04. The lowest BCUT2D eigenvalue weighted by atomic mass is 10.1. The van der Waals surface area contributed by atoms with E-state index in [9.17, 15) is 0 Å². The van der Waals surface area contributed by atoms with Gasteiger partial charge in [0, 0.05) is 25.2 Å². The minimum atomic E-state index is 0.201. The number of fused-ring (bicyclic) bond motifs is 1. The smallest absolute Gasteiger partial charge is 0.123 e. The fourth-order valence-electron chi connectivity index (χ4n) is 2.76. The van der Waals surface area contributed by atoms with Crippen molar-refractivity contribution in [3.63, 3.8) is 0 Å². The van der Waals surface area contributed by atoms with Gasteiger partial charge in [0.25, 0.3) is 0 Å². The molecule has 1 N–H and O–H groups in total. The number of nitrogens with one attached hydrogen (secondary N) is 1. The first-order valence-electron chi connectivity index (χ1n) is 7.37. The number of ether oxygens (including phenoxy) is 1. The zero-order valence-electron chi connectivity index (χ0n) is 11.5. The first-order valence-corrected chi connectivity index (χ1v) is 7.37. The molecule has 2 aromatic rings. The molecule has 4 nitrogen and oxygen atoms in total. The Bertz CT molecular complexity index is 578. The average molecular weight is 269 g/mol. The Balaban J connectivity index is 1.41. The molecular weight excluding hydrogens is 250 g/mol. The molecule has 20 heavy (non-hydrogen) atoms. The second kappa shape index (κ2) is 4.94. The molecule has 0 bridgehead atoms. The van der Waals surface area contributed by atoms with Crippen molar-refractivity contribution in [2.45, 2.75) is 44.5 Å². The number of benzene rings is 1. The van der Waals surface area contributed by atoms with Gasteiger partial charge in [0.15, 0.2) is 0 Å². The third kappa shape index (κ3) is 2.43. The van der Waals surface area contributed by atoms with Gasteiger partial charge in [-0.1, -0.05) is 18.2 Å². The molecule has 1 aliphatic heterocycles. The largest absolute Gasteiger partial charge is 0.488 e. The van der Waals surface area contributed by atoms with Gasteiger partial charge in [0.1, 0.15) is 11.9 Å². The summed E-state index contributed by atoms with van der Waals surface area (Å²) in [5.41, 5.74) is 2.55. The molecule has 2 heterocycles. The number of hydrogen-bond acceptors (Lipinski definition) is 3. The number of para-hydroxylation sites is 1. The summed E-state index contributed by atoms with van der Waals surface area (Å²) in [6.07, 6.45) is 5.69. The first kappa shape index (κ1) is 12.0. The normalized spacial score (nSPS) is 20.7. The average Bonchev–Trinajstić information content (AvgIpc) is 3.04. The molecule has 4 rings (SSSR count). The zero-order chi connectivity index (χ0) is 13.4. The van der Waals surface area contributed by atoms with Crippen molar-refractivity contribution in [1.82, 2.24) is 15.1 Å². The predicted molar refractivity (Wildman–Crippen MR) is 76.7 cm³/mol. The summed E-state index contributed by atoms with van der Waals surface area (Å²) in [6.45, 7) is 1.73. The van der Waals surface area contributed by atoms with Crippen LogP contribution in [0.4, 0.5) is 0 Å². The van der Waals surface area contributed by atoms with Crippen molar-refractivity contribution < 1.29 is 4.74 Å². The quantitative estimate of drug-likeness (QED) is 0.904. The van der Waals surface area contributed by atoms with E-state index in [4.69, 9.17) is 4.74 Å². The van der Waals surface area contributed by atoms with Gasteiger partial charge in [-0.15, -0.1) is 0 Å². The van der Waals surface area contributed by atoms with Crippen LogP contribution >= 0.6 is 0 Å². The molecule has 0 amide bonds. The third-order valence-corrected chi connectivity index (χ3v) is 4.04. The molecule has 0 spiro atoms. The van der Waals surface area contributed by atoms with E-state index in [1.807, 2.05) is 18.3 Å². The maximum Gasteiger partial charge on any atom is 0.123 e. The Hall–Kier alpha value is -1.81. The van der Waals surface area contributed by atoms with Crippen molar-refractivity contribution in [3.05, 3.63) is 47.8 Å². The highest BCUT2D eigenvalue weighted by Crippen LogP contribution is 2.28. The molecule has 4 heteroatoms. The van der Waals surface area contributed by atoms with Crippen molar-refractivity contribution in [2.75, 3.05) is 0 Å². The Labute approximate surface area is 118 Å². The lowest BCUT2D eigenvalue weighted by Crippen LogP contribution is -2.25. The minimum Gasteiger partial charge on any atom is -0.488 e. The van der Waals surface area contributed by atoms with E-state index in [2.05, 4.69) is 33.3 Å². The van der Waals surface area contributed by atoms with E-state index in [1.165, 1.54) is 24.1 Å². The Morgan fingerprint density at radius 1 is 1.25 bits per heavy atom. The van der Waals surface area contributed by atoms with Crippen molar-refractivity contribution in [1.29, 1.82) is 0 Å². The highest BCUT2D eigenvalue weighted by molar-refractivity contribution is 5.37. The standard InChI is InChI=1S/C16H19N3O/c1-2-4-16-12(3-1)9-15(20-16)11-19-14(7-8-18-19)10-17-13-5-6-13/h1-4,7-8,13,15,17H,5-6,9-11H2. The van der Waals surface area contributed by atoms with Crippen molar-refractivity contribution in [3.8, 4) is 5.75 Å². The molecule has 1 aromatic carbocycles. The maximum atomic E-state index is 5.99. The van der Waals surface area contributed by atoms with Gasteiger partial charge in [-0.05, 0) is 30.5 Å². The predicted octanol–water partition coefficient (Wildman–Crippen LogP) is 2.14. The van der Waals surface area contributed by atoms with Crippen LogP contribution in [0.1, 0.15) is 24.1 Å². The van der Waals surface area contributed by atoms with E-state index < -0.39 is 0 Å². The summed E-state index contributed by atoms with van der Waals surface area (Å²) >= 11 is 0. The van der Waals surface area contributed by atoms with E-state index >= 15 is 0 Å². The molecule has 1 atom stereocenters. The van der Waals surface area contributed by atoms with Gasteiger partial charge in [-0.2, -0.15) is 5.10 Å². The van der Waals surface area contributed by atoms with Crippen LogP contribution in [0, 0.1) is 0 Å². The summed E-state index contributed by atoms with van der Waals surface area (Å²) in [5, 5.41) is 7.98. The van der Waals surface area contributed by atoms with Crippen LogP contribution in [-0.2, 0) is 19.5 Å². The second-order valence-corrected chi connectivity index (χ2v) is 5.71. The Kier molecular flexibility index (Phi) is 2.96. The highest BCUT2D eigenvalue weighted by Gasteiger charge is 2.24. The molecule has 0 radical (unpaired) electrons. The van der Waals surface area contributed by atoms with Gasteiger partial charge in [0.05, 0.1) is 12.2 Å². The molecular formula is C16H19N3O. The van der Waals surface area contributed by atoms with Crippen LogP contribution in [0.2, 0.25) is 0 Å². The Morgan fingerprint density at radius 3 is 3.00 bits per heavy atom. The highest BCUT2D eigenvalue weighted by atomic mass is 16.5. The van der Waals surface area contributed by atoms with Crippen molar-refractivity contribution in [2.24, 2.45) is 0 Å². The second-order valence-electron chi connectivity index (χ2n) is 5.71. The van der Waals surface area contributed by atoms with E-state index in [1.54, 1.807) is 0 Å². The van der Waals surface area contributed by atoms with Crippen LogP contribution in [0.5, 0.6) is 5.75 Å². The van der Waals surface area contributed by atoms with E-state index in [0.29, 0.717) is 0 Å². The molecule has 2 aliphatic rings. The summed E-state index contributed by atoms with van der Waals surface area (Å²) in [6, 6.07) is 11.1. The molecule has 1 fully saturated rings. The van der Waals surface area contributed by atoms with Crippen molar-refractivity contribution >= 4 is 0 Å². The summed E-state index contributed by atoms with van der Waals surface area (Å²) < 4.78 is 8.07. The van der Waals surface area contributed by atoms with Gasteiger partial charge in [0.2, 0.25) is 0 Å². The lowest BCUT2D eigenvalue weighted by Gasteiger charge is -2.13. The van der Waals surface area contributed by atoms with Gasteiger partial charge < -0.3 is 10.1 Å².